The van der Waals surface area contributed by atoms with Gasteiger partial charge in [0.05, 0.1) is 27.2 Å². The number of nitrogens with zero attached hydrogens (tertiary/aromatic N) is 5. The van der Waals surface area contributed by atoms with Crippen LogP contribution in [0.3, 0.4) is 0 Å². The molecule has 2 unspecified atom stereocenters. The van der Waals surface area contributed by atoms with Gasteiger partial charge in [0.15, 0.2) is 11.0 Å². The second-order valence-corrected chi connectivity index (χ2v) is 10.8. The van der Waals surface area contributed by atoms with Gasteiger partial charge in [-0.1, -0.05) is 35.9 Å². The van der Waals surface area contributed by atoms with Gasteiger partial charge in [0, 0.05) is 45.5 Å². The summed E-state index contributed by atoms with van der Waals surface area (Å²) in [6.45, 7) is 10.7. The van der Waals surface area contributed by atoms with Crippen molar-refractivity contribution in [3.8, 4) is 6.01 Å². The van der Waals surface area contributed by atoms with Crippen LogP contribution in [0.4, 0.5) is 10.2 Å². The van der Waals surface area contributed by atoms with Crippen LogP contribution >= 0.6 is 11.6 Å². The third kappa shape index (κ3) is 3.89. The van der Waals surface area contributed by atoms with Gasteiger partial charge >= 0.3 is 6.01 Å². The lowest BCUT2D eigenvalue weighted by Gasteiger charge is -2.41. The summed E-state index contributed by atoms with van der Waals surface area (Å²) in [6.07, 6.45) is 4.26. The first-order valence-electron chi connectivity index (χ1n) is 13.7. The van der Waals surface area contributed by atoms with Crippen molar-refractivity contribution in [2.24, 2.45) is 0 Å². The van der Waals surface area contributed by atoms with E-state index in [9.17, 15) is 0 Å². The van der Waals surface area contributed by atoms with Gasteiger partial charge < -0.3 is 19.7 Å². The van der Waals surface area contributed by atoms with Crippen LogP contribution in [0, 0.1) is 5.82 Å². The number of hydrogen-bond donors (Lipinski definition) is 1. The fourth-order valence-corrected chi connectivity index (χ4v) is 6.42. The van der Waals surface area contributed by atoms with Crippen molar-refractivity contribution >= 4 is 28.3 Å². The molecule has 2 bridgehead atoms. The zero-order valence-electron chi connectivity index (χ0n) is 23.4. The highest BCUT2D eigenvalue weighted by Crippen LogP contribution is 2.43. The molecule has 4 saturated heterocycles. The molecule has 8 nitrogen and oxygen atoms in total. The number of ether oxygens (including phenoxy) is 2. The Morgan fingerprint density at radius 2 is 2.11 bits per heavy atom. The summed E-state index contributed by atoms with van der Waals surface area (Å²) in [4.78, 5) is 17.3. The minimum atomic E-state index is -2.58. The highest BCUT2D eigenvalue weighted by Gasteiger charge is 2.48. The lowest BCUT2D eigenvalue weighted by atomic mass is 9.92. The normalized spacial score (nSPS) is 30.3. The molecule has 6 heterocycles. The summed E-state index contributed by atoms with van der Waals surface area (Å²) in [6, 6.07) is -0.170. The third-order valence-corrected chi connectivity index (χ3v) is 7.95. The van der Waals surface area contributed by atoms with Crippen LogP contribution in [0.1, 0.15) is 29.8 Å². The number of anilines is 1. The maximum Gasteiger partial charge on any atom is 0.319 e. The van der Waals surface area contributed by atoms with E-state index >= 15 is 4.39 Å². The van der Waals surface area contributed by atoms with Crippen molar-refractivity contribution < 1.29 is 19.4 Å². The van der Waals surface area contributed by atoms with E-state index in [1.54, 1.807) is 0 Å². The second kappa shape index (κ2) is 8.37. The van der Waals surface area contributed by atoms with Crippen molar-refractivity contribution in [1.29, 1.82) is 0 Å². The Hall–Kier alpha value is -2.33. The number of pyridine rings is 1. The number of fused-ring (bicyclic) bond motifs is 4. The first-order valence-corrected chi connectivity index (χ1v) is 12.2. The van der Waals surface area contributed by atoms with Crippen LogP contribution in [0.5, 0.6) is 6.01 Å². The van der Waals surface area contributed by atoms with Crippen LogP contribution in [0.15, 0.2) is 30.5 Å². The molecule has 2 aromatic heterocycles. The average molecular weight is 505 g/mol. The van der Waals surface area contributed by atoms with Crippen molar-refractivity contribution in [3.05, 3.63) is 41.5 Å². The summed E-state index contributed by atoms with van der Waals surface area (Å²) in [5.41, 5.74) is 1.10. The van der Waals surface area contributed by atoms with Crippen LogP contribution < -0.4 is 14.9 Å². The standard InChI is InChI=1S/C25H30ClFN6O2/c1-15-6-25(7-16(2)10-33(25)9-15)14-35-23-29-20-18(8-28-21(26)19(20)27)22(30-23)32-11-17-4-5-24(12-32,31-17)13-34-3/h8,17,31H,1-2,4-7,9-14H2,3H3/i3D3/hD. The molecule has 0 amide bonds. The van der Waals surface area contributed by atoms with Crippen LogP contribution in [0.25, 0.3) is 10.9 Å². The topological polar surface area (TPSA) is 75.6 Å². The fraction of sp³-hybridized carbons (Fsp3) is 0.560. The number of halogens is 2. The summed E-state index contributed by atoms with van der Waals surface area (Å²) in [7, 11) is -2.58. The van der Waals surface area contributed by atoms with Gasteiger partial charge in [-0.3, -0.25) is 4.90 Å². The third-order valence-electron chi connectivity index (χ3n) is 7.68. The molecule has 2 atom stereocenters. The largest absolute Gasteiger partial charge is 0.461 e. The molecular formula is C25H30ClFN6O2. The number of hydrogen-bond acceptors (Lipinski definition) is 8. The maximum atomic E-state index is 15.2. The summed E-state index contributed by atoms with van der Waals surface area (Å²) >= 11 is 6.02. The lowest BCUT2D eigenvalue weighted by Crippen LogP contribution is -2.61. The molecule has 6 rings (SSSR count). The Morgan fingerprint density at radius 1 is 1.31 bits per heavy atom. The highest BCUT2D eigenvalue weighted by atomic mass is 35.5. The van der Waals surface area contributed by atoms with E-state index in [1.807, 2.05) is 4.90 Å². The number of methoxy groups -OCH3 is 1. The highest BCUT2D eigenvalue weighted by molar-refractivity contribution is 6.30. The number of piperazine rings is 1. The van der Waals surface area contributed by atoms with Crippen molar-refractivity contribution in [2.75, 3.05) is 51.3 Å². The van der Waals surface area contributed by atoms with Gasteiger partial charge in [0.25, 0.3) is 0 Å². The summed E-state index contributed by atoms with van der Waals surface area (Å²) < 4.78 is 57.7. The number of rotatable bonds is 6. The molecule has 0 aliphatic carbocycles. The van der Waals surface area contributed by atoms with E-state index in [1.165, 1.54) is 11.5 Å². The van der Waals surface area contributed by atoms with Crippen LogP contribution in [-0.2, 0) is 4.74 Å². The first kappa shape index (κ1) is 18.9. The summed E-state index contributed by atoms with van der Waals surface area (Å²) in [5.74, 6) is -0.370. The molecule has 35 heavy (non-hydrogen) atoms. The van der Waals surface area contributed by atoms with E-state index in [-0.39, 0.29) is 48.0 Å². The number of aromatic nitrogens is 3. The van der Waals surface area contributed by atoms with Gasteiger partial charge in [-0.05, 0) is 25.7 Å². The van der Waals surface area contributed by atoms with Crippen LogP contribution in [0.2, 0.25) is 6.56 Å². The van der Waals surface area contributed by atoms with Gasteiger partial charge in [0.2, 0.25) is 0 Å². The molecule has 4 fully saturated rings. The molecule has 1 N–H and O–H groups in total. The predicted octanol–water partition coefficient (Wildman–Crippen LogP) is 3.11. The molecule has 0 aromatic carbocycles. The molecule has 0 saturated carbocycles. The molecule has 4 aliphatic heterocycles. The Bertz CT molecular complexity index is 1340. The molecular weight excluding hydrogens is 471 g/mol. The first-order chi connectivity index (χ1) is 18.4. The van der Waals surface area contributed by atoms with Gasteiger partial charge in [-0.15, -0.1) is 0 Å². The smallest absolute Gasteiger partial charge is 0.319 e. The maximum absolute atomic E-state index is 15.2. The zero-order valence-corrected chi connectivity index (χ0v) is 20.2. The van der Waals surface area contributed by atoms with E-state index in [2.05, 4.69) is 28.0 Å². The van der Waals surface area contributed by atoms with E-state index < -0.39 is 18.4 Å². The average Bonchev–Trinajstić information content (AvgIpc) is 3.37. The molecule has 186 valence electrons. The Balaban J connectivity index is 1.35. The minimum Gasteiger partial charge on any atom is -0.461 e. The predicted molar refractivity (Wildman–Crippen MR) is 133 cm³/mol. The van der Waals surface area contributed by atoms with E-state index in [4.69, 9.17) is 31.6 Å². The second-order valence-electron chi connectivity index (χ2n) is 10.4. The van der Waals surface area contributed by atoms with Crippen LogP contribution in [-0.4, -0.2) is 83.4 Å². The lowest BCUT2D eigenvalue weighted by molar-refractivity contribution is 0.107. The SMILES string of the molecule is [2H]N1C2CCC1(COC([2H])([2H])[2H])CN(c1nc(OCC34CC(=C)CN3CC(=C)C4)nc3c(F)c(Cl)ncc13)C2. The van der Waals surface area contributed by atoms with Crippen molar-refractivity contribution in [2.45, 2.75) is 42.8 Å². The molecule has 10 heteroatoms. The Kier molecular flexibility index (Phi) is 4.51. The Morgan fingerprint density at radius 3 is 2.89 bits per heavy atom. The fourth-order valence-electron chi connectivity index (χ4n) is 6.29. The number of nitrogens with one attached hydrogen (secondary N) is 1. The van der Waals surface area contributed by atoms with Gasteiger partial charge in [-0.25, -0.2) is 9.37 Å². The quantitative estimate of drug-likeness (QED) is 0.475. The molecule has 0 radical (unpaired) electrons. The molecule has 0 spiro atoms. The summed E-state index contributed by atoms with van der Waals surface area (Å²) in [5, 5.41) is 1.51. The van der Waals surface area contributed by atoms with E-state index in [0.29, 0.717) is 30.6 Å². The Labute approximate surface area is 214 Å². The van der Waals surface area contributed by atoms with Gasteiger partial charge in [0.1, 0.15) is 19.4 Å². The molecule has 2 aromatic rings. The van der Waals surface area contributed by atoms with Crippen molar-refractivity contribution in [1.82, 2.24) is 25.2 Å². The molecule has 4 aliphatic rings. The minimum absolute atomic E-state index is 0.00976. The zero-order chi connectivity index (χ0) is 27.7. The van der Waals surface area contributed by atoms with Crippen molar-refractivity contribution in [3.63, 3.8) is 0 Å². The van der Waals surface area contributed by atoms with Gasteiger partial charge in [-0.2, -0.15) is 9.97 Å². The monoisotopic (exact) mass is 504 g/mol. The van der Waals surface area contributed by atoms with E-state index in [0.717, 1.165) is 37.1 Å².